The molecule has 4 rings (SSSR count). The van der Waals surface area contributed by atoms with Crippen molar-refractivity contribution in [2.75, 3.05) is 37.0 Å². The SMILES string of the molecule is CN(C(=O)N1CCS(=O)(=O)CC1)C(c1ccc(NC2Cc3ccccc3C2(C)C)cc1)C(F)(F)F. The Hall–Kier alpha value is -2.75. The molecule has 2 atom stereocenters. The molecule has 2 unspecified atom stereocenters. The number of carbonyl (C=O) groups is 1. The molecule has 2 amide bonds. The van der Waals surface area contributed by atoms with Gasteiger partial charge in [-0.05, 0) is 35.2 Å². The van der Waals surface area contributed by atoms with E-state index in [9.17, 15) is 26.4 Å². The maximum absolute atomic E-state index is 14.1. The average molecular weight is 510 g/mol. The Morgan fingerprint density at radius 1 is 1.09 bits per heavy atom. The van der Waals surface area contributed by atoms with Crippen LogP contribution in [0, 0.1) is 0 Å². The summed E-state index contributed by atoms with van der Waals surface area (Å²) in [6.45, 7) is 4.07. The van der Waals surface area contributed by atoms with Gasteiger partial charge in [0.05, 0.1) is 11.5 Å². The van der Waals surface area contributed by atoms with Gasteiger partial charge in [-0.15, -0.1) is 0 Å². The Morgan fingerprint density at radius 2 is 1.69 bits per heavy atom. The highest BCUT2D eigenvalue weighted by Gasteiger charge is 2.46. The minimum atomic E-state index is -4.70. The van der Waals surface area contributed by atoms with E-state index in [1.807, 2.05) is 12.1 Å². The molecule has 6 nitrogen and oxygen atoms in total. The number of carbonyl (C=O) groups excluding carboxylic acids is 1. The molecule has 0 spiro atoms. The van der Waals surface area contributed by atoms with Gasteiger partial charge in [-0.1, -0.05) is 50.2 Å². The van der Waals surface area contributed by atoms with Gasteiger partial charge in [0.1, 0.15) is 0 Å². The zero-order chi connectivity index (χ0) is 25.6. The lowest BCUT2D eigenvalue weighted by molar-refractivity contribution is -0.176. The van der Waals surface area contributed by atoms with E-state index in [0.29, 0.717) is 10.6 Å². The lowest BCUT2D eigenvalue weighted by Gasteiger charge is -2.36. The summed E-state index contributed by atoms with van der Waals surface area (Å²) in [6, 6.07) is 11.3. The highest BCUT2D eigenvalue weighted by atomic mass is 32.2. The normalized spacial score (nSPS) is 21.8. The van der Waals surface area contributed by atoms with E-state index in [1.165, 1.54) is 23.3 Å². The van der Waals surface area contributed by atoms with E-state index >= 15 is 0 Å². The quantitative estimate of drug-likeness (QED) is 0.664. The molecule has 2 aromatic rings. The Balaban J connectivity index is 1.50. The van der Waals surface area contributed by atoms with E-state index < -0.39 is 28.1 Å². The molecule has 1 heterocycles. The Kier molecular flexibility index (Phi) is 6.54. The summed E-state index contributed by atoms with van der Waals surface area (Å²) < 4.78 is 65.4. The van der Waals surface area contributed by atoms with Crippen LogP contribution >= 0.6 is 0 Å². The number of sulfone groups is 1. The van der Waals surface area contributed by atoms with Gasteiger partial charge in [0.25, 0.3) is 0 Å². The topological polar surface area (TPSA) is 69.7 Å². The number of nitrogens with one attached hydrogen (secondary N) is 1. The van der Waals surface area contributed by atoms with Gasteiger partial charge in [0.2, 0.25) is 0 Å². The maximum atomic E-state index is 14.1. The minimum absolute atomic E-state index is 0.0579. The molecule has 35 heavy (non-hydrogen) atoms. The highest BCUT2D eigenvalue weighted by Crippen LogP contribution is 2.41. The van der Waals surface area contributed by atoms with Gasteiger partial charge in [0, 0.05) is 37.3 Å². The second-order valence-electron chi connectivity index (χ2n) is 9.88. The fourth-order valence-electron chi connectivity index (χ4n) is 5.05. The first-order chi connectivity index (χ1) is 16.3. The summed E-state index contributed by atoms with van der Waals surface area (Å²) in [5, 5.41) is 3.47. The van der Waals surface area contributed by atoms with Crippen LogP contribution in [0.2, 0.25) is 0 Å². The second-order valence-corrected chi connectivity index (χ2v) is 12.2. The summed E-state index contributed by atoms with van der Waals surface area (Å²) in [5.41, 5.74) is 3.03. The van der Waals surface area contributed by atoms with Gasteiger partial charge in [-0.25, -0.2) is 13.2 Å². The summed E-state index contributed by atoms with van der Waals surface area (Å²) in [4.78, 5) is 14.6. The molecule has 1 aliphatic heterocycles. The Bertz CT molecular complexity index is 1180. The van der Waals surface area contributed by atoms with Crippen LogP contribution < -0.4 is 5.32 Å². The summed E-state index contributed by atoms with van der Waals surface area (Å²) >= 11 is 0. The molecule has 2 aliphatic rings. The molecular formula is C25H30F3N3O3S. The van der Waals surface area contributed by atoms with E-state index in [0.717, 1.165) is 18.4 Å². The van der Waals surface area contributed by atoms with Crippen LogP contribution in [-0.2, 0) is 21.7 Å². The van der Waals surface area contributed by atoms with Crippen LogP contribution in [0.4, 0.5) is 23.7 Å². The van der Waals surface area contributed by atoms with E-state index in [2.05, 4.69) is 31.3 Å². The molecule has 0 radical (unpaired) electrons. The second kappa shape index (κ2) is 9.04. The third-order valence-electron chi connectivity index (χ3n) is 7.19. The van der Waals surface area contributed by atoms with Crippen molar-refractivity contribution in [3.63, 3.8) is 0 Å². The molecule has 0 bridgehead atoms. The number of alkyl halides is 3. The van der Waals surface area contributed by atoms with Crippen molar-refractivity contribution in [2.24, 2.45) is 0 Å². The van der Waals surface area contributed by atoms with Crippen LogP contribution in [0.5, 0.6) is 0 Å². The molecule has 10 heteroatoms. The first kappa shape index (κ1) is 25.3. The van der Waals surface area contributed by atoms with Crippen molar-refractivity contribution >= 4 is 21.6 Å². The number of hydrogen-bond acceptors (Lipinski definition) is 4. The lowest BCUT2D eigenvalue weighted by Crippen LogP contribution is -2.51. The maximum Gasteiger partial charge on any atom is 0.413 e. The number of halogens is 3. The van der Waals surface area contributed by atoms with E-state index in [-0.39, 0.29) is 41.6 Å². The van der Waals surface area contributed by atoms with Crippen LogP contribution in [0.15, 0.2) is 48.5 Å². The predicted molar refractivity (Wildman–Crippen MR) is 129 cm³/mol. The summed E-state index contributed by atoms with van der Waals surface area (Å²) in [6.07, 6.45) is -3.88. The van der Waals surface area contributed by atoms with E-state index in [1.54, 1.807) is 12.1 Å². The number of fused-ring (bicyclic) bond motifs is 1. The fourth-order valence-corrected chi connectivity index (χ4v) is 6.25. The van der Waals surface area contributed by atoms with Gasteiger partial charge in [0.15, 0.2) is 15.9 Å². The molecule has 190 valence electrons. The van der Waals surface area contributed by atoms with Crippen LogP contribution in [0.1, 0.15) is 36.6 Å². The number of rotatable bonds is 4. The molecular weight excluding hydrogens is 479 g/mol. The molecule has 0 saturated carbocycles. The van der Waals surface area contributed by atoms with Crippen LogP contribution in [0.3, 0.4) is 0 Å². The number of amides is 2. The largest absolute Gasteiger partial charge is 0.413 e. The van der Waals surface area contributed by atoms with Gasteiger partial charge >= 0.3 is 12.2 Å². The zero-order valence-corrected chi connectivity index (χ0v) is 20.8. The zero-order valence-electron chi connectivity index (χ0n) is 20.0. The molecule has 1 fully saturated rings. The predicted octanol–water partition coefficient (Wildman–Crippen LogP) is 4.39. The molecule has 1 N–H and O–H groups in total. The first-order valence-corrected chi connectivity index (χ1v) is 13.4. The first-order valence-electron chi connectivity index (χ1n) is 11.5. The number of benzene rings is 2. The highest BCUT2D eigenvalue weighted by molar-refractivity contribution is 7.91. The van der Waals surface area contributed by atoms with Crippen molar-refractivity contribution < 1.29 is 26.4 Å². The number of urea groups is 1. The molecule has 0 aromatic heterocycles. The fraction of sp³-hybridized carbons (Fsp3) is 0.480. The smallest absolute Gasteiger partial charge is 0.381 e. The van der Waals surface area contributed by atoms with Crippen molar-refractivity contribution in [3.8, 4) is 0 Å². The lowest BCUT2D eigenvalue weighted by atomic mass is 9.83. The number of nitrogens with zero attached hydrogens (tertiary/aromatic N) is 2. The van der Waals surface area contributed by atoms with Crippen molar-refractivity contribution in [1.29, 1.82) is 0 Å². The Morgan fingerprint density at radius 3 is 2.26 bits per heavy atom. The summed E-state index contributed by atoms with van der Waals surface area (Å²) in [5.74, 6) is -0.490. The molecule has 1 aliphatic carbocycles. The third-order valence-corrected chi connectivity index (χ3v) is 8.80. The van der Waals surface area contributed by atoms with Gasteiger partial charge < -0.3 is 15.1 Å². The standard InChI is InChI=1S/C25H30F3N3O3S/c1-24(2)20-7-5-4-6-18(20)16-21(24)29-19-10-8-17(9-11-19)22(25(26,27)28)30(3)23(32)31-12-14-35(33,34)15-13-31/h4-11,21-22,29H,12-16H2,1-3H3. The van der Waals surface area contributed by atoms with Crippen LogP contribution in [-0.4, -0.2) is 68.1 Å². The Labute approximate surface area is 204 Å². The monoisotopic (exact) mass is 509 g/mol. The minimum Gasteiger partial charge on any atom is -0.381 e. The molecule has 1 saturated heterocycles. The van der Waals surface area contributed by atoms with Gasteiger partial charge in [-0.2, -0.15) is 13.2 Å². The third kappa shape index (κ3) is 5.12. The van der Waals surface area contributed by atoms with Gasteiger partial charge in [-0.3, -0.25) is 0 Å². The molecule has 2 aromatic carbocycles. The average Bonchev–Trinajstić information content (AvgIpc) is 3.03. The number of anilines is 1. The number of hydrogen-bond donors (Lipinski definition) is 1. The van der Waals surface area contributed by atoms with Crippen molar-refractivity contribution in [2.45, 2.75) is 43.9 Å². The van der Waals surface area contributed by atoms with Crippen molar-refractivity contribution in [3.05, 3.63) is 65.2 Å². The van der Waals surface area contributed by atoms with Crippen LogP contribution in [0.25, 0.3) is 0 Å². The summed E-state index contributed by atoms with van der Waals surface area (Å²) in [7, 11) is -2.15. The van der Waals surface area contributed by atoms with Crippen molar-refractivity contribution in [1.82, 2.24) is 9.80 Å². The van der Waals surface area contributed by atoms with E-state index in [4.69, 9.17) is 0 Å².